The minimum Gasteiger partial charge on any atom is -0.503 e. The predicted molar refractivity (Wildman–Crippen MR) is 104 cm³/mol. The second kappa shape index (κ2) is 6.80. The molecule has 128 valence electrons. The van der Waals surface area contributed by atoms with Crippen LogP contribution in [0.25, 0.3) is 16.3 Å². The van der Waals surface area contributed by atoms with E-state index in [9.17, 15) is 5.11 Å². The maximum atomic E-state index is 10.7. The van der Waals surface area contributed by atoms with Crippen molar-refractivity contribution < 1.29 is 5.11 Å². The van der Waals surface area contributed by atoms with E-state index in [4.69, 9.17) is 0 Å². The minimum atomic E-state index is 0.0363. The third kappa shape index (κ3) is 3.19. The van der Waals surface area contributed by atoms with Crippen LogP contribution in [-0.2, 0) is 0 Å². The van der Waals surface area contributed by atoms with Crippen molar-refractivity contribution >= 4 is 27.9 Å². The lowest BCUT2D eigenvalue weighted by molar-refractivity contribution is 0.470. The van der Waals surface area contributed by atoms with E-state index in [0.29, 0.717) is 11.5 Å². The number of benzene rings is 1. The van der Waals surface area contributed by atoms with E-state index in [-0.39, 0.29) is 5.75 Å². The van der Waals surface area contributed by atoms with Crippen LogP contribution in [0.1, 0.15) is 19.0 Å². The minimum absolute atomic E-state index is 0.0363. The summed E-state index contributed by atoms with van der Waals surface area (Å²) < 4.78 is 0. The van der Waals surface area contributed by atoms with Gasteiger partial charge in [0.1, 0.15) is 12.0 Å². The van der Waals surface area contributed by atoms with Crippen LogP contribution in [-0.4, -0.2) is 20.1 Å². The lowest BCUT2D eigenvalue weighted by Gasteiger charge is -2.11. The molecule has 1 aliphatic carbocycles. The van der Waals surface area contributed by atoms with Crippen LogP contribution in [0.15, 0.2) is 72.9 Å². The molecule has 26 heavy (non-hydrogen) atoms. The molecule has 0 spiro atoms. The van der Waals surface area contributed by atoms with Gasteiger partial charge in [-0.2, -0.15) is 0 Å². The van der Waals surface area contributed by atoms with Crippen LogP contribution in [0.2, 0.25) is 0 Å². The van der Waals surface area contributed by atoms with Crippen LogP contribution in [0, 0.1) is 0 Å². The molecule has 1 aliphatic rings. The second-order valence-corrected chi connectivity index (χ2v) is 6.16. The van der Waals surface area contributed by atoms with Crippen molar-refractivity contribution in [2.24, 2.45) is 0 Å². The summed E-state index contributed by atoms with van der Waals surface area (Å²) in [7, 11) is 0. The largest absolute Gasteiger partial charge is 0.503 e. The Labute approximate surface area is 151 Å². The van der Waals surface area contributed by atoms with Crippen molar-refractivity contribution in [3.05, 3.63) is 78.6 Å². The monoisotopic (exact) mass is 342 g/mol. The van der Waals surface area contributed by atoms with Gasteiger partial charge in [-0.1, -0.05) is 35.9 Å². The second-order valence-electron chi connectivity index (χ2n) is 6.16. The quantitative estimate of drug-likeness (QED) is 0.718. The average molecular weight is 342 g/mol. The van der Waals surface area contributed by atoms with Crippen molar-refractivity contribution in [3.8, 4) is 5.75 Å². The summed E-state index contributed by atoms with van der Waals surface area (Å²) in [5.41, 5.74) is 3.41. The van der Waals surface area contributed by atoms with Crippen LogP contribution in [0.5, 0.6) is 5.75 Å². The van der Waals surface area contributed by atoms with Crippen molar-refractivity contribution in [1.29, 1.82) is 0 Å². The topological polar surface area (TPSA) is 70.9 Å². The molecule has 0 bridgehead atoms. The first-order chi connectivity index (χ1) is 12.7. The lowest BCUT2D eigenvalue weighted by atomic mass is 10.1. The van der Waals surface area contributed by atoms with Crippen LogP contribution >= 0.6 is 0 Å². The number of allylic oxidation sites excluding steroid dienone is 6. The van der Waals surface area contributed by atoms with Gasteiger partial charge in [-0.05, 0) is 36.9 Å². The molecule has 3 aromatic rings. The van der Waals surface area contributed by atoms with Gasteiger partial charge >= 0.3 is 0 Å². The summed E-state index contributed by atoms with van der Waals surface area (Å²) >= 11 is 0. The fourth-order valence-electron chi connectivity index (χ4n) is 2.89. The van der Waals surface area contributed by atoms with E-state index in [1.165, 1.54) is 11.9 Å². The van der Waals surface area contributed by atoms with E-state index in [1.807, 2.05) is 48.7 Å². The molecule has 0 saturated carbocycles. The molecule has 1 aromatic carbocycles. The van der Waals surface area contributed by atoms with Gasteiger partial charge in [0.15, 0.2) is 11.6 Å². The number of nitrogens with zero attached hydrogens (tertiary/aromatic N) is 3. The first-order valence-electron chi connectivity index (χ1n) is 8.41. The molecule has 0 fully saturated rings. The van der Waals surface area contributed by atoms with E-state index in [0.717, 1.165) is 28.5 Å². The molecule has 2 heterocycles. The zero-order valence-electron chi connectivity index (χ0n) is 14.3. The normalized spacial score (nSPS) is 13.9. The predicted octanol–water partition coefficient (Wildman–Crippen LogP) is 4.76. The molecule has 2 N–H and O–H groups in total. The molecular formula is C21H18N4O. The van der Waals surface area contributed by atoms with Gasteiger partial charge in [0.25, 0.3) is 0 Å². The van der Waals surface area contributed by atoms with E-state index >= 15 is 0 Å². The fourth-order valence-corrected chi connectivity index (χ4v) is 2.89. The molecule has 2 aromatic heterocycles. The van der Waals surface area contributed by atoms with Crippen molar-refractivity contribution in [2.75, 3.05) is 5.32 Å². The van der Waals surface area contributed by atoms with Gasteiger partial charge < -0.3 is 10.4 Å². The Kier molecular flexibility index (Phi) is 4.19. The summed E-state index contributed by atoms with van der Waals surface area (Å²) in [6.07, 6.45) is 14.0. The Morgan fingerprint density at radius 1 is 1.04 bits per heavy atom. The summed E-state index contributed by atoms with van der Waals surface area (Å²) in [4.78, 5) is 12.6. The zero-order valence-corrected chi connectivity index (χ0v) is 14.3. The SMILES string of the molecule is CC1=CCC=C(c2ncnc(Nc3ccc4ccncc4c3)c2O)C=C1. The maximum absolute atomic E-state index is 10.7. The molecule has 0 unspecified atom stereocenters. The number of fused-ring (bicyclic) bond motifs is 1. The maximum Gasteiger partial charge on any atom is 0.185 e. The molecule has 4 rings (SSSR count). The summed E-state index contributed by atoms with van der Waals surface area (Å²) in [5.74, 6) is 0.413. The Morgan fingerprint density at radius 2 is 1.96 bits per heavy atom. The van der Waals surface area contributed by atoms with Crippen molar-refractivity contribution in [3.63, 3.8) is 0 Å². The number of nitrogens with one attached hydrogen (secondary N) is 1. The molecule has 0 saturated heterocycles. The van der Waals surface area contributed by atoms with Crippen molar-refractivity contribution in [1.82, 2.24) is 15.0 Å². The molecular weight excluding hydrogens is 324 g/mol. The van der Waals surface area contributed by atoms with Gasteiger partial charge in [0.05, 0.1) is 0 Å². The standard InChI is InChI=1S/C21H18N4O/c1-14-3-2-4-16(6-5-14)19-20(26)21(24-13-23-19)25-18-8-7-15-9-10-22-12-17(15)11-18/h3-13,26H,2H2,1H3,(H,23,24,25). The van der Waals surface area contributed by atoms with E-state index in [1.54, 1.807) is 6.20 Å². The van der Waals surface area contributed by atoms with Crippen LogP contribution < -0.4 is 5.32 Å². The third-order valence-electron chi connectivity index (χ3n) is 4.30. The van der Waals surface area contributed by atoms with Crippen LogP contribution in [0.3, 0.4) is 0 Å². The van der Waals surface area contributed by atoms with E-state index in [2.05, 4.69) is 33.3 Å². The average Bonchev–Trinajstić information content (AvgIpc) is 2.88. The summed E-state index contributed by atoms with van der Waals surface area (Å²) in [5, 5.41) is 16.0. The molecule has 0 radical (unpaired) electrons. The Morgan fingerprint density at radius 3 is 2.88 bits per heavy atom. The number of hydrogen-bond acceptors (Lipinski definition) is 5. The molecule has 5 nitrogen and oxygen atoms in total. The van der Waals surface area contributed by atoms with Gasteiger partial charge in [-0.15, -0.1) is 0 Å². The fraction of sp³-hybridized carbons (Fsp3) is 0.0952. The first kappa shape index (κ1) is 16.0. The number of aromatic hydroxyl groups is 1. The summed E-state index contributed by atoms with van der Waals surface area (Å²) in [6, 6.07) is 7.88. The molecule has 5 heteroatoms. The summed E-state index contributed by atoms with van der Waals surface area (Å²) in [6.45, 7) is 2.05. The van der Waals surface area contributed by atoms with Gasteiger partial charge in [0.2, 0.25) is 0 Å². The number of hydrogen-bond donors (Lipinski definition) is 2. The number of anilines is 2. The highest BCUT2D eigenvalue weighted by Crippen LogP contribution is 2.33. The molecule has 0 aliphatic heterocycles. The molecule has 0 atom stereocenters. The Bertz CT molecular complexity index is 1070. The Hall–Kier alpha value is -3.47. The van der Waals surface area contributed by atoms with Gasteiger partial charge in [-0.25, -0.2) is 9.97 Å². The zero-order chi connectivity index (χ0) is 17.9. The smallest absolute Gasteiger partial charge is 0.185 e. The van der Waals surface area contributed by atoms with Gasteiger partial charge in [0, 0.05) is 29.0 Å². The lowest BCUT2D eigenvalue weighted by Crippen LogP contribution is -1.98. The number of rotatable bonds is 3. The highest BCUT2D eigenvalue weighted by atomic mass is 16.3. The van der Waals surface area contributed by atoms with Crippen molar-refractivity contribution in [2.45, 2.75) is 13.3 Å². The highest BCUT2D eigenvalue weighted by molar-refractivity contribution is 5.86. The third-order valence-corrected chi connectivity index (χ3v) is 4.30. The van der Waals surface area contributed by atoms with Gasteiger partial charge in [-0.3, -0.25) is 4.98 Å². The highest BCUT2D eigenvalue weighted by Gasteiger charge is 2.13. The Balaban J connectivity index is 1.67. The van der Waals surface area contributed by atoms with E-state index < -0.39 is 0 Å². The number of aromatic nitrogens is 3. The number of pyridine rings is 1. The first-order valence-corrected chi connectivity index (χ1v) is 8.41. The van der Waals surface area contributed by atoms with Crippen LogP contribution in [0.4, 0.5) is 11.5 Å². The molecule has 0 amide bonds.